The first-order valence-corrected chi connectivity index (χ1v) is 6.14. The lowest BCUT2D eigenvalue weighted by Gasteiger charge is -2.10. The van der Waals surface area contributed by atoms with E-state index < -0.39 is 5.97 Å². The number of carboxylic acid groups (broad SMARTS) is 1. The van der Waals surface area contributed by atoms with Crippen molar-refractivity contribution in [3.8, 4) is 0 Å². The summed E-state index contributed by atoms with van der Waals surface area (Å²) in [5.41, 5.74) is 0. The summed E-state index contributed by atoms with van der Waals surface area (Å²) in [7, 11) is 0. The van der Waals surface area contributed by atoms with Crippen molar-refractivity contribution in [3.05, 3.63) is 0 Å². The van der Waals surface area contributed by atoms with Crippen LogP contribution in [-0.2, 0) is 9.53 Å². The van der Waals surface area contributed by atoms with Gasteiger partial charge in [0.2, 0.25) is 0 Å². The minimum Gasteiger partial charge on any atom is -0.481 e. The summed E-state index contributed by atoms with van der Waals surface area (Å²) in [6.45, 7) is 3.48. The summed E-state index contributed by atoms with van der Waals surface area (Å²) in [5.74, 6) is -0.766. The molecule has 4 heteroatoms. The third-order valence-corrected chi connectivity index (χ3v) is 2.42. The Morgan fingerprint density at radius 3 is 2.56 bits per heavy atom. The van der Waals surface area contributed by atoms with Crippen LogP contribution in [-0.4, -0.2) is 35.5 Å². The van der Waals surface area contributed by atoms with E-state index in [0.29, 0.717) is 25.9 Å². The van der Waals surface area contributed by atoms with Crippen LogP contribution in [0.1, 0.15) is 51.9 Å². The van der Waals surface area contributed by atoms with E-state index >= 15 is 0 Å². The Morgan fingerprint density at radius 2 is 1.94 bits per heavy atom. The molecule has 0 saturated heterocycles. The van der Waals surface area contributed by atoms with Crippen molar-refractivity contribution < 1.29 is 19.7 Å². The van der Waals surface area contributed by atoms with Gasteiger partial charge in [-0.15, -0.1) is 0 Å². The van der Waals surface area contributed by atoms with E-state index in [9.17, 15) is 9.90 Å². The second-order valence-electron chi connectivity index (χ2n) is 4.05. The zero-order valence-corrected chi connectivity index (χ0v) is 10.2. The monoisotopic (exact) mass is 232 g/mol. The minimum atomic E-state index is -0.766. The molecule has 0 aliphatic carbocycles. The predicted octanol–water partition coefficient (Wildman–Crippen LogP) is 2.20. The number of hydrogen-bond donors (Lipinski definition) is 2. The number of aliphatic carboxylic acids is 1. The topological polar surface area (TPSA) is 66.8 Å². The predicted molar refractivity (Wildman–Crippen MR) is 62.5 cm³/mol. The van der Waals surface area contributed by atoms with Gasteiger partial charge in [-0.3, -0.25) is 4.79 Å². The van der Waals surface area contributed by atoms with E-state index in [0.717, 1.165) is 25.9 Å². The molecule has 0 aliphatic rings. The Labute approximate surface area is 97.6 Å². The van der Waals surface area contributed by atoms with Crippen LogP contribution >= 0.6 is 0 Å². The highest BCUT2D eigenvalue weighted by molar-refractivity contribution is 5.66. The van der Waals surface area contributed by atoms with Gasteiger partial charge in [0, 0.05) is 19.6 Å². The molecule has 0 spiro atoms. The lowest BCUT2D eigenvalue weighted by Crippen LogP contribution is -2.11. The van der Waals surface area contributed by atoms with Crippen LogP contribution < -0.4 is 0 Å². The fraction of sp³-hybridized carbons (Fsp3) is 0.917. The van der Waals surface area contributed by atoms with E-state index in [4.69, 9.17) is 9.84 Å². The van der Waals surface area contributed by atoms with Gasteiger partial charge in [0.05, 0.1) is 6.10 Å². The van der Waals surface area contributed by atoms with Gasteiger partial charge in [-0.25, -0.2) is 0 Å². The van der Waals surface area contributed by atoms with E-state index in [1.165, 1.54) is 0 Å². The van der Waals surface area contributed by atoms with Crippen LogP contribution in [0.4, 0.5) is 0 Å². The van der Waals surface area contributed by atoms with Gasteiger partial charge in [0.15, 0.2) is 0 Å². The van der Waals surface area contributed by atoms with Crippen molar-refractivity contribution in [1.82, 2.24) is 0 Å². The molecule has 0 aromatic heterocycles. The van der Waals surface area contributed by atoms with Crippen molar-refractivity contribution in [2.24, 2.45) is 0 Å². The van der Waals surface area contributed by atoms with Crippen molar-refractivity contribution in [3.63, 3.8) is 0 Å². The van der Waals surface area contributed by atoms with Crippen molar-refractivity contribution >= 4 is 5.97 Å². The van der Waals surface area contributed by atoms with Gasteiger partial charge < -0.3 is 14.9 Å². The molecule has 0 aromatic carbocycles. The highest BCUT2D eigenvalue weighted by atomic mass is 16.5. The Bertz CT molecular complexity index is 170. The second-order valence-corrected chi connectivity index (χ2v) is 4.05. The van der Waals surface area contributed by atoms with Crippen LogP contribution in [0.5, 0.6) is 0 Å². The lowest BCUT2D eigenvalue weighted by molar-refractivity contribution is -0.137. The first-order chi connectivity index (χ1) is 7.66. The van der Waals surface area contributed by atoms with Crippen molar-refractivity contribution in [2.45, 2.75) is 58.0 Å². The third kappa shape index (κ3) is 11.5. The minimum absolute atomic E-state index is 0.194. The highest BCUT2D eigenvalue weighted by Crippen LogP contribution is 2.06. The first kappa shape index (κ1) is 15.4. The quantitative estimate of drug-likeness (QED) is 0.536. The molecule has 2 N–H and O–H groups in total. The summed E-state index contributed by atoms with van der Waals surface area (Å²) in [5, 5.41) is 18.0. The van der Waals surface area contributed by atoms with Gasteiger partial charge in [0.1, 0.15) is 0 Å². The number of hydrogen-bond acceptors (Lipinski definition) is 3. The van der Waals surface area contributed by atoms with Crippen LogP contribution in [0, 0.1) is 0 Å². The molecule has 0 saturated carbocycles. The summed E-state index contributed by atoms with van der Waals surface area (Å²) in [4.78, 5) is 10.2. The SMILES string of the molecule is CCCCOCC[C@@H](O)CCCCC(=O)O. The average Bonchev–Trinajstić information content (AvgIpc) is 2.24. The molecule has 0 heterocycles. The number of ether oxygens (including phenoxy) is 1. The number of unbranched alkanes of at least 4 members (excludes halogenated alkanes) is 2. The molecule has 0 rings (SSSR count). The van der Waals surface area contributed by atoms with Gasteiger partial charge >= 0.3 is 5.97 Å². The number of carboxylic acids is 1. The van der Waals surface area contributed by atoms with Gasteiger partial charge in [-0.2, -0.15) is 0 Å². The number of rotatable bonds is 11. The maximum atomic E-state index is 10.2. The molecular formula is C12H24O4. The summed E-state index contributed by atoms with van der Waals surface area (Å²) >= 11 is 0. The molecule has 16 heavy (non-hydrogen) atoms. The van der Waals surface area contributed by atoms with Crippen LogP contribution in [0.2, 0.25) is 0 Å². The fourth-order valence-corrected chi connectivity index (χ4v) is 1.37. The molecule has 0 fully saturated rings. The zero-order valence-electron chi connectivity index (χ0n) is 10.2. The standard InChI is InChI=1S/C12H24O4/c1-2-3-9-16-10-8-11(13)6-4-5-7-12(14)15/h11,13H,2-10H2,1H3,(H,14,15)/t11-/m0/s1. The Morgan fingerprint density at radius 1 is 1.19 bits per heavy atom. The van der Waals surface area contributed by atoms with Crippen molar-refractivity contribution in [1.29, 1.82) is 0 Å². The molecule has 0 radical (unpaired) electrons. The molecule has 0 unspecified atom stereocenters. The second kappa shape index (κ2) is 10.9. The largest absolute Gasteiger partial charge is 0.481 e. The summed E-state index contributed by atoms with van der Waals surface area (Å²) < 4.78 is 5.34. The molecule has 0 aliphatic heterocycles. The van der Waals surface area contributed by atoms with Crippen LogP contribution in [0.3, 0.4) is 0 Å². The van der Waals surface area contributed by atoms with E-state index in [2.05, 4.69) is 6.92 Å². The highest BCUT2D eigenvalue weighted by Gasteiger charge is 2.04. The van der Waals surface area contributed by atoms with E-state index in [1.54, 1.807) is 0 Å². The molecule has 0 amide bonds. The molecule has 96 valence electrons. The molecule has 0 aromatic rings. The number of aliphatic hydroxyl groups is 1. The Hall–Kier alpha value is -0.610. The zero-order chi connectivity index (χ0) is 12.2. The van der Waals surface area contributed by atoms with Gasteiger partial charge in [0.25, 0.3) is 0 Å². The third-order valence-electron chi connectivity index (χ3n) is 2.42. The smallest absolute Gasteiger partial charge is 0.303 e. The van der Waals surface area contributed by atoms with Gasteiger partial charge in [-0.1, -0.05) is 19.8 Å². The normalized spacial score (nSPS) is 12.6. The van der Waals surface area contributed by atoms with Crippen LogP contribution in [0.25, 0.3) is 0 Å². The maximum absolute atomic E-state index is 10.2. The fourth-order valence-electron chi connectivity index (χ4n) is 1.37. The molecule has 4 nitrogen and oxygen atoms in total. The maximum Gasteiger partial charge on any atom is 0.303 e. The lowest BCUT2D eigenvalue weighted by atomic mass is 10.1. The molecule has 1 atom stereocenters. The summed E-state index contributed by atoms with van der Waals surface area (Å²) in [6, 6.07) is 0. The van der Waals surface area contributed by atoms with Gasteiger partial charge in [-0.05, 0) is 25.7 Å². The summed E-state index contributed by atoms with van der Waals surface area (Å²) in [6.07, 6.45) is 4.76. The van der Waals surface area contributed by atoms with E-state index in [1.807, 2.05) is 0 Å². The molecule has 0 bridgehead atoms. The first-order valence-electron chi connectivity index (χ1n) is 6.14. The van der Waals surface area contributed by atoms with Crippen molar-refractivity contribution in [2.75, 3.05) is 13.2 Å². The van der Waals surface area contributed by atoms with E-state index in [-0.39, 0.29) is 12.5 Å². The Kier molecular flexibility index (Phi) is 10.5. The average molecular weight is 232 g/mol. The Balaban J connectivity index is 3.18. The number of aliphatic hydroxyl groups excluding tert-OH is 1. The number of carbonyl (C=O) groups is 1. The van der Waals surface area contributed by atoms with Crippen LogP contribution in [0.15, 0.2) is 0 Å². The molecular weight excluding hydrogens is 208 g/mol.